The summed E-state index contributed by atoms with van der Waals surface area (Å²) in [5, 5.41) is 10.4. The quantitative estimate of drug-likeness (QED) is 0.438. The van der Waals surface area contributed by atoms with Gasteiger partial charge in [0.15, 0.2) is 0 Å². The van der Waals surface area contributed by atoms with Gasteiger partial charge >= 0.3 is 0 Å². The maximum Gasteiger partial charge on any atom is 0.269 e. The second-order valence-electron chi connectivity index (χ2n) is 7.14. The first-order chi connectivity index (χ1) is 13.0. The van der Waals surface area contributed by atoms with Crippen molar-refractivity contribution in [3.05, 3.63) is 34.4 Å². The van der Waals surface area contributed by atoms with Gasteiger partial charge in [-0.25, -0.2) is 0 Å². The first-order valence-corrected chi connectivity index (χ1v) is 10.3. The average molecular weight is 391 g/mol. The standard InChI is InChI=1S/C19H25N3O4S/c1-14(27-17-8-6-16(7-9-17)22(25)26)18(23)20-10-12-21(13-11-20)19(24)15-4-2-3-5-15/h6-9,14-15H,2-5,10-13H2,1H3. The van der Waals surface area contributed by atoms with Crippen molar-refractivity contribution in [2.24, 2.45) is 5.92 Å². The fourth-order valence-corrected chi connectivity index (χ4v) is 4.69. The fourth-order valence-electron chi connectivity index (χ4n) is 3.74. The highest BCUT2D eigenvalue weighted by Crippen LogP contribution is 2.28. The van der Waals surface area contributed by atoms with Crippen molar-refractivity contribution >= 4 is 29.3 Å². The van der Waals surface area contributed by atoms with Gasteiger partial charge in [0, 0.05) is 49.1 Å². The van der Waals surface area contributed by atoms with Crippen LogP contribution in [0.2, 0.25) is 0 Å². The lowest BCUT2D eigenvalue weighted by Crippen LogP contribution is -2.53. The van der Waals surface area contributed by atoms with E-state index in [-0.39, 0.29) is 28.7 Å². The molecule has 0 radical (unpaired) electrons. The molecule has 146 valence electrons. The van der Waals surface area contributed by atoms with E-state index in [1.165, 1.54) is 23.9 Å². The van der Waals surface area contributed by atoms with Gasteiger partial charge in [0.05, 0.1) is 10.2 Å². The molecule has 0 spiro atoms. The van der Waals surface area contributed by atoms with E-state index in [0.717, 1.165) is 30.6 Å². The predicted molar refractivity (Wildman–Crippen MR) is 104 cm³/mol. The van der Waals surface area contributed by atoms with Crippen LogP contribution in [-0.4, -0.2) is 58.0 Å². The van der Waals surface area contributed by atoms with Gasteiger partial charge in [-0.1, -0.05) is 12.8 Å². The molecule has 27 heavy (non-hydrogen) atoms. The summed E-state index contributed by atoms with van der Waals surface area (Å²) in [6.07, 6.45) is 4.29. The van der Waals surface area contributed by atoms with Crippen LogP contribution in [0.5, 0.6) is 0 Å². The van der Waals surface area contributed by atoms with Crippen LogP contribution >= 0.6 is 11.8 Å². The molecule has 0 bridgehead atoms. The van der Waals surface area contributed by atoms with Crippen molar-refractivity contribution in [2.45, 2.75) is 42.8 Å². The first-order valence-electron chi connectivity index (χ1n) is 9.44. The average Bonchev–Trinajstić information content (AvgIpc) is 3.22. The fraction of sp³-hybridized carbons (Fsp3) is 0.579. The maximum absolute atomic E-state index is 12.7. The molecule has 1 unspecified atom stereocenters. The van der Waals surface area contributed by atoms with Crippen LogP contribution < -0.4 is 0 Å². The van der Waals surface area contributed by atoms with Crippen molar-refractivity contribution in [3.8, 4) is 0 Å². The zero-order chi connectivity index (χ0) is 19.4. The summed E-state index contributed by atoms with van der Waals surface area (Å²) < 4.78 is 0. The van der Waals surface area contributed by atoms with Gasteiger partial charge < -0.3 is 9.80 Å². The lowest BCUT2D eigenvalue weighted by Gasteiger charge is -2.37. The van der Waals surface area contributed by atoms with Gasteiger partial charge in [0.1, 0.15) is 0 Å². The van der Waals surface area contributed by atoms with Crippen molar-refractivity contribution in [3.63, 3.8) is 0 Å². The topological polar surface area (TPSA) is 83.8 Å². The van der Waals surface area contributed by atoms with E-state index in [1.807, 2.05) is 16.7 Å². The van der Waals surface area contributed by atoms with Gasteiger partial charge in [-0.2, -0.15) is 0 Å². The number of benzene rings is 1. The molecule has 8 heteroatoms. The number of hydrogen-bond acceptors (Lipinski definition) is 5. The van der Waals surface area contributed by atoms with Crippen LogP contribution in [-0.2, 0) is 9.59 Å². The Hall–Kier alpha value is -2.09. The van der Waals surface area contributed by atoms with E-state index in [0.29, 0.717) is 26.2 Å². The number of amides is 2. The Kier molecular flexibility index (Phi) is 6.36. The minimum absolute atomic E-state index is 0.0429. The number of non-ortho nitro benzene ring substituents is 1. The van der Waals surface area contributed by atoms with Crippen molar-refractivity contribution < 1.29 is 14.5 Å². The molecule has 2 fully saturated rings. The minimum Gasteiger partial charge on any atom is -0.339 e. The molecule has 3 rings (SSSR count). The number of nitro benzene ring substituents is 1. The third-order valence-corrected chi connectivity index (χ3v) is 6.42. The van der Waals surface area contributed by atoms with Crippen LogP contribution in [0.4, 0.5) is 5.69 Å². The summed E-state index contributed by atoms with van der Waals surface area (Å²) in [7, 11) is 0. The Balaban J connectivity index is 1.49. The minimum atomic E-state index is -0.435. The highest BCUT2D eigenvalue weighted by atomic mass is 32.2. The highest BCUT2D eigenvalue weighted by Gasteiger charge is 2.31. The lowest BCUT2D eigenvalue weighted by atomic mass is 10.1. The summed E-state index contributed by atoms with van der Waals surface area (Å²) in [4.78, 5) is 40.0. The molecule has 2 aliphatic rings. The van der Waals surface area contributed by atoms with Crippen molar-refractivity contribution in [1.82, 2.24) is 9.80 Å². The largest absolute Gasteiger partial charge is 0.339 e. The maximum atomic E-state index is 12.7. The van der Waals surface area contributed by atoms with E-state index in [9.17, 15) is 19.7 Å². The van der Waals surface area contributed by atoms with Gasteiger partial charge in [-0.3, -0.25) is 19.7 Å². The number of thioether (sulfide) groups is 1. The first kappa shape index (κ1) is 19.7. The third-order valence-electron chi connectivity index (χ3n) is 5.32. The number of piperazine rings is 1. The molecule has 1 heterocycles. The van der Waals surface area contributed by atoms with Crippen LogP contribution in [0.1, 0.15) is 32.6 Å². The molecule has 2 amide bonds. The van der Waals surface area contributed by atoms with Gasteiger partial charge in [-0.15, -0.1) is 11.8 Å². The Labute approximate surface area is 163 Å². The summed E-state index contributed by atoms with van der Waals surface area (Å²) >= 11 is 1.40. The molecule has 0 N–H and O–H groups in total. The second-order valence-corrected chi connectivity index (χ2v) is 8.56. The normalized spacial score (nSPS) is 19.1. The summed E-state index contributed by atoms with van der Waals surface area (Å²) in [6.45, 7) is 4.21. The second kappa shape index (κ2) is 8.73. The van der Waals surface area contributed by atoms with E-state index >= 15 is 0 Å². The van der Waals surface area contributed by atoms with E-state index in [2.05, 4.69) is 0 Å². The molecule has 0 aromatic heterocycles. The highest BCUT2D eigenvalue weighted by molar-refractivity contribution is 8.00. The number of hydrogen-bond donors (Lipinski definition) is 0. The van der Waals surface area contributed by atoms with Gasteiger partial charge in [0.2, 0.25) is 11.8 Å². The Morgan fingerprint density at radius 1 is 1.07 bits per heavy atom. The SMILES string of the molecule is CC(Sc1ccc([N+](=O)[O-])cc1)C(=O)N1CCN(C(=O)C2CCCC2)CC1. The summed E-state index contributed by atoms with van der Waals surface area (Å²) in [6, 6.07) is 6.25. The molecule has 1 aromatic rings. The van der Waals surface area contributed by atoms with Crippen LogP contribution in [0.25, 0.3) is 0 Å². The van der Waals surface area contributed by atoms with Crippen molar-refractivity contribution in [1.29, 1.82) is 0 Å². The number of rotatable bonds is 5. The Bertz CT molecular complexity index is 695. The Morgan fingerprint density at radius 2 is 1.63 bits per heavy atom. The van der Waals surface area contributed by atoms with Crippen molar-refractivity contribution in [2.75, 3.05) is 26.2 Å². The summed E-state index contributed by atoms with van der Waals surface area (Å²) in [5.74, 6) is 0.489. The number of carbonyl (C=O) groups is 2. The number of carbonyl (C=O) groups excluding carboxylic acids is 2. The summed E-state index contributed by atoms with van der Waals surface area (Å²) in [5.41, 5.74) is 0.0429. The third kappa shape index (κ3) is 4.80. The number of nitro groups is 1. The number of nitrogens with zero attached hydrogens (tertiary/aromatic N) is 3. The predicted octanol–water partition coefficient (Wildman–Crippen LogP) is 2.94. The molecular weight excluding hydrogens is 366 g/mol. The van der Waals surface area contributed by atoms with Gasteiger partial charge in [-0.05, 0) is 31.9 Å². The zero-order valence-corrected chi connectivity index (χ0v) is 16.3. The smallest absolute Gasteiger partial charge is 0.269 e. The molecule has 1 aliphatic carbocycles. The van der Waals surface area contributed by atoms with Crippen LogP contribution in [0.15, 0.2) is 29.2 Å². The van der Waals surface area contributed by atoms with E-state index in [1.54, 1.807) is 12.1 Å². The van der Waals surface area contributed by atoms with Crippen LogP contribution in [0.3, 0.4) is 0 Å². The monoisotopic (exact) mass is 391 g/mol. The Morgan fingerprint density at radius 3 is 2.19 bits per heavy atom. The lowest BCUT2D eigenvalue weighted by molar-refractivity contribution is -0.384. The molecule has 1 saturated carbocycles. The molecule has 1 aromatic carbocycles. The van der Waals surface area contributed by atoms with E-state index < -0.39 is 4.92 Å². The molecule has 1 aliphatic heterocycles. The molecular formula is C19H25N3O4S. The molecule has 1 saturated heterocycles. The van der Waals surface area contributed by atoms with Crippen LogP contribution in [0, 0.1) is 16.0 Å². The molecule has 1 atom stereocenters. The van der Waals surface area contributed by atoms with E-state index in [4.69, 9.17) is 0 Å². The zero-order valence-electron chi connectivity index (χ0n) is 15.5. The van der Waals surface area contributed by atoms with Gasteiger partial charge in [0.25, 0.3) is 5.69 Å². The molecule has 7 nitrogen and oxygen atoms in total.